The summed E-state index contributed by atoms with van der Waals surface area (Å²) in [6.45, 7) is 2.76. The van der Waals surface area contributed by atoms with Crippen LogP contribution in [0.15, 0.2) is 36.5 Å². The molecule has 2 aromatic carbocycles. The van der Waals surface area contributed by atoms with Crippen LogP contribution in [0.5, 0.6) is 0 Å². The number of fused-ring (bicyclic) bond motifs is 3. The van der Waals surface area contributed by atoms with Gasteiger partial charge in [-0.3, -0.25) is 9.80 Å². The molecule has 0 radical (unpaired) electrons. The molecule has 1 aromatic heterocycles. The van der Waals surface area contributed by atoms with E-state index < -0.39 is 29.2 Å². The third-order valence-electron chi connectivity index (χ3n) is 5.70. The maximum absolute atomic E-state index is 15.5. The van der Waals surface area contributed by atoms with E-state index in [1.165, 1.54) is 12.1 Å². The largest absolute Gasteiger partial charge is 0.395 e. The van der Waals surface area contributed by atoms with Gasteiger partial charge in [0, 0.05) is 48.0 Å². The van der Waals surface area contributed by atoms with Gasteiger partial charge in [-0.25, -0.2) is 22.9 Å². The van der Waals surface area contributed by atoms with Crippen molar-refractivity contribution in [3.8, 4) is 17.2 Å². The van der Waals surface area contributed by atoms with Gasteiger partial charge < -0.3 is 15.7 Å². The van der Waals surface area contributed by atoms with Crippen molar-refractivity contribution < 1.29 is 23.1 Å². The van der Waals surface area contributed by atoms with E-state index in [2.05, 4.69) is 15.6 Å². The van der Waals surface area contributed by atoms with Crippen molar-refractivity contribution in [2.75, 3.05) is 47.9 Å². The van der Waals surface area contributed by atoms with Crippen LogP contribution >= 0.6 is 11.6 Å². The monoisotopic (exact) mass is 530 g/mol. The molecule has 4 rings (SSSR count). The zero-order chi connectivity index (χ0) is 26.7. The Morgan fingerprint density at radius 3 is 2.49 bits per heavy atom. The number of carbonyl (C=O) groups excluding carboxylic acids is 1. The quantitative estimate of drug-likeness (QED) is 0.362. The highest BCUT2D eigenvalue weighted by atomic mass is 35.5. The second-order valence-electron chi connectivity index (χ2n) is 8.04. The average molecular weight is 531 g/mol. The summed E-state index contributed by atoms with van der Waals surface area (Å²) in [6.07, 6.45) is 0.920. The van der Waals surface area contributed by atoms with Gasteiger partial charge in [-0.2, -0.15) is 5.26 Å². The molecule has 3 aromatic rings. The molecule has 2 heterocycles. The minimum atomic E-state index is -1.05. The Labute approximate surface area is 215 Å². The summed E-state index contributed by atoms with van der Waals surface area (Å²) in [6, 6.07) is 6.92. The highest BCUT2D eigenvalue weighted by molar-refractivity contribution is 6.31. The lowest BCUT2D eigenvalue weighted by Crippen LogP contribution is -2.41. The minimum Gasteiger partial charge on any atom is -0.395 e. The van der Waals surface area contributed by atoms with E-state index in [1.54, 1.807) is 6.92 Å². The van der Waals surface area contributed by atoms with E-state index in [1.807, 2.05) is 6.07 Å². The summed E-state index contributed by atoms with van der Waals surface area (Å²) < 4.78 is 45.3. The van der Waals surface area contributed by atoms with Gasteiger partial charge in [0.25, 0.3) is 0 Å². The maximum Gasteiger partial charge on any atom is 0.334 e. The van der Waals surface area contributed by atoms with E-state index >= 15 is 8.78 Å². The molecule has 1 aliphatic rings. The molecule has 0 saturated heterocycles. The summed E-state index contributed by atoms with van der Waals surface area (Å²) in [4.78, 5) is 19.8. The Kier molecular flexibility index (Phi) is 7.83. The first kappa shape index (κ1) is 26.2. The maximum atomic E-state index is 15.5. The molecule has 0 aliphatic carbocycles. The molecular formula is C25H22ClF3N6O2. The number of nitrogens with zero attached hydrogens (tertiary/aromatic N) is 4. The number of carbonyl (C=O) groups is 1. The van der Waals surface area contributed by atoms with Crippen molar-refractivity contribution >= 4 is 40.5 Å². The van der Waals surface area contributed by atoms with Crippen LogP contribution in [0.3, 0.4) is 0 Å². The van der Waals surface area contributed by atoms with Gasteiger partial charge in [0.1, 0.15) is 17.3 Å². The number of rotatable bonds is 8. The molecule has 1 aliphatic heterocycles. The van der Waals surface area contributed by atoms with Crippen LogP contribution in [0.25, 0.3) is 11.1 Å². The van der Waals surface area contributed by atoms with E-state index in [0.29, 0.717) is 19.6 Å². The van der Waals surface area contributed by atoms with Crippen molar-refractivity contribution in [3.05, 3.63) is 64.6 Å². The highest BCUT2D eigenvalue weighted by Gasteiger charge is 2.37. The van der Waals surface area contributed by atoms with Gasteiger partial charge in [-0.15, -0.1) is 0 Å². The lowest BCUT2D eigenvalue weighted by Gasteiger charge is -2.28. The fraction of sp³-hybridized carbons (Fsp3) is 0.240. The summed E-state index contributed by atoms with van der Waals surface area (Å²) in [5.74, 6) is -2.79. The van der Waals surface area contributed by atoms with Gasteiger partial charge in [0.15, 0.2) is 11.6 Å². The van der Waals surface area contributed by atoms with Gasteiger partial charge in [0.05, 0.1) is 30.1 Å². The summed E-state index contributed by atoms with van der Waals surface area (Å²) >= 11 is 6.23. The molecule has 192 valence electrons. The highest BCUT2D eigenvalue weighted by Crippen LogP contribution is 2.47. The Bertz CT molecular complexity index is 1370. The lowest BCUT2D eigenvalue weighted by atomic mass is 9.97. The predicted octanol–water partition coefficient (Wildman–Crippen LogP) is 4.78. The molecule has 0 unspecified atom stereocenters. The van der Waals surface area contributed by atoms with Gasteiger partial charge >= 0.3 is 6.03 Å². The predicted molar refractivity (Wildman–Crippen MR) is 135 cm³/mol. The molecule has 8 nitrogen and oxygen atoms in total. The van der Waals surface area contributed by atoms with E-state index in [9.17, 15) is 14.4 Å². The van der Waals surface area contributed by atoms with E-state index in [-0.39, 0.29) is 52.1 Å². The van der Waals surface area contributed by atoms with Crippen molar-refractivity contribution in [3.63, 3.8) is 0 Å². The molecule has 0 spiro atoms. The van der Waals surface area contributed by atoms with Crippen molar-refractivity contribution in [1.82, 2.24) is 10.3 Å². The number of urea groups is 1. The number of hydrogen-bond donors (Lipinski definition) is 3. The Hall–Kier alpha value is -3.85. The van der Waals surface area contributed by atoms with Gasteiger partial charge in [-0.1, -0.05) is 11.6 Å². The number of pyridine rings is 1. The van der Waals surface area contributed by atoms with Crippen LogP contribution < -0.4 is 20.4 Å². The zero-order valence-electron chi connectivity index (χ0n) is 19.7. The molecule has 0 atom stereocenters. The number of benzene rings is 2. The first-order valence-electron chi connectivity index (χ1n) is 11.4. The fourth-order valence-corrected chi connectivity index (χ4v) is 4.38. The number of aliphatic hydroxyl groups excluding tert-OH is 1. The standard InChI is InChI=1S/C25H22ClF3N6O2/c1-2-34-24-18(9-16(27)13-33-24)22-14(12-30)7-15(26)8-21(22)35(25(34)37)23-19(28)10-17(11-20(23)29)32-4-3-31-5-6-36/h7-11,13,31-32,36H,2-6H2,1H3. The van der Waals surface area contributed by atoms with Gasteiger partial charge in [-0.05, 0) is 37.3 Å². The zero-order valence-corrected chi connectivity index (χ0v) is 20.4. The first-order chi connectivity index (χ1) is 17.8. The van der Waals surface area contributed by atoms with Crippen LogP contribution in [0.4, 0.5) is 40.8 Å². The third-order valence-corrected chi connectivity index (χ3v) is 5.92. The third kappa shape index (κ3) is 5.04. The Balaban J connectivity index is 1.89. The Morgan fingerprint density at radius 1 is 1.11 bits per heavy atom. The number of nitrogens with one attached hydrogen (secondary N) is 2. The molecule has 0 fully saturated rings. The average Bonchev–Trinajstić information content (AvgIpc) is 2.95. The molecule has 3 N–H and O–H groups in total. The molecule has 2 amide bonds. The molecule has 37 heavy (non-hydrogen) atoms. The van der Waals surface area contributed by atoms with Crippen molar-refractivity contribution in [1.29, 1.82) is 5.26 Å². The lowest BCUT2D eigenvalue weighted by molar-refractivity contribution is 0.253. The summed E-state index contributed by atoms with van der Waals surface area (Å²) in [5, 5.41) is 24.5. The van der Waals surface area contributed by atoms with Crippen molar-refractivity contribution in [2.24, 2.45) is 0 Å². The number of aliphatic hydroxyl groups is 1. The van der Waals surface area contributed by atoms with Gasteiger partial charge in [0.2, 0.25) is 0 Å². The van der Waals surface area contributed by atoms with Crippen LogP contribution in [0.2, 0.25) is 5.02 Å². The SMILES string of the molecule is CCN1C(=O)N(c2c(F)cc(NCCNCCO)cc2F)c2cc(Cl)cc(C#N)c2-c2cc(F)cnc21. The molecule has 12 heteroatoms. The number of hydrogen-bond acceptors (Lipinski definition) is 6. The second kappa shape index (κ2) is 11.0. The normalized spacial score (nSPS) is 12.6. The Morgan fingerprint density at radius 2 is 1.84 bits per heavy atom. The molecular weight excluding hydrogens is 509 g/mol. The minimum absolute atomic E-state index is 0.0265. The molecule has 0 saturated carbocycles. The van der Waals surface area contributed by atoms with Crippen LogP contribution in [0, 0.1) is 28.8 Å². The first-order valence-corrected chi connectivity index (χ1v) is 11.7. The van der Waals surface area contributed by atoms with Crippen LogP contribution in [-0.2, 0) is 0 Å². The van der Waals surface area contributed by atoms with Crippen LogP contribution in [0.1, 0.15) is 12.5 Å². The van der Waals surface area contributed by atoms with Crippen molar-refractivity contribution in [2.45, 2.75) is 6.92 Å². The van der Waals surface area contributed by atoms with Crippen LogP contribution in [-0.4, -0.2) is 48.9 Å². The summed E-state index contributed by atoms with van der Waals surface area (Å²) in [5.41, 5.74) is -0.500. The second-order valence-corrected chi connectivity index (χ2v) is 8.47. The van der Waals surface area contributed by atoms with E-state index in [4.69, 9.17) is 16.7 Å². The number of anilines is 4. The smallest absolute Gasteiger partial charge is 0.334 e. The number of amides is 2. The summed E-state index contributed by atoms with van der Waals surface area (Å²) in [7, 11) is 0. The number of halogens is 4. The topological polar surface area (TPSA) is 105 Å². The molecule has 0 bridgehead atoms. The number of nitriles is 1. The fourth-order valence-electron chi connectivity index (χ4n) is 4.17. The number of aromatic nitrogens is 1. The van der Waals surface area contributed by atoms with E-state index in [0.717, 1.165) is 34.2 Å².